The van der Waals surface area contributed by atoms with Gasteiger partial charge in [-0.05, 0) is 116 Å². The summed E-state index contributed by atoms with van der Waals surface area (Å²) in [4.78, 5) is 25.7. The number of hydrogen-bond acceptors (Lipinski definition) is 5. The summed E-state index contributed by atoms with van der Waals surface area (Å²) in [7, 11) is 0. The van der Waals surface area contributed by atoms with Crippen LogP contribution >= 0.6 is 0 Å². The third-order valence-electron chi connectivity index (χ3n) is 11.5. The third kappa shape index (κ3) is 7.57. The number of nitrogens with zero attached hydrogens (tertiary/aromatic N) is 1. The lowest BCUT2D eigenvalue weighted by Gasteiger charge is -2.39. The summed E-state index contributed by atoms with van der Waals surface area (Å²) in [6.07, 6.45) is 12.7. The average molecular weight is 704 g/mol. The summed E-state index contributed by atoms with van der Waals surface area (Å²) in [5.41, 5.74) is 9.54. The second-order valence-electron chi connectivity index (χ2n) is 14.8. The largest absolute Gasteiger partial charge is 0.427 e. The fourth-order valence-corrected chi connectivity index (χ4v) is 8.81. The third-order valence-corrected chi connectivity index (χ3v) is 11.5. The van der Waals surface area contributed by atoms with Crippen molar-refractivity contribution in [3.8, 4) is 11.5 Å². The normalized spacial score (nSPS) is 16.3. The van der Waals surface area contributed by atoms with Crippen molar-refractivity contribution >= 4 is 29.0 Å². The molecule has 2 fully saturated rings. The van der Waals surface area contributed by atoms with E-state index in [0.717, 1.165) is 42.7 Å². The lowest BCUT2D eigenvalue weighted by molar-refractivity contribution is -0.132. The molecule has 53 heavy (non-hydrogen) atoms. The molecule has 5 heteroatoms. The topological polar surface area (TPSA) is 55.8 Å². The average Bonchev–Trinajstić information content (AvgIpc) is 3.20. The minimum absolute atomic E-state index is 0.0817. The Hall–Kier alpha value is -5.42. The van der Waals surface area contributed by atoms with Crippen LogP contribution < -0.4 is 14.4 Å². The fourth-order valence-electron chi connectivity index (χ4n) is 8.81. The van der Waals surface area contributed by atoms with Crippen molar-refractivity contribution < 1.29 is 19.1 Å². The number of benzene rings is 5. The number of aryl methyl sites for hydroxylation is 1. The van der Waals surface area contributed by atoms with E-state index in [-0.39, 0.29) is 16.8 Å². The number of rotatable bonds is 10. The molecular formula is C48H49NO4. The number of ether oxygens (including phenoxy) is 2. The Morgan fingerprint density at radius 1 is 0.528 bits per heavy atom. The van der Waals surface area contributed by atoms with Crippen LogP contribution in [0.2, 0.25) is 0 Å². The molecule has 0 unspecified atom stereocenters. The highest BCUT2D eigenvalue weighted by molar-refractivity contribution is 5.83. The monoisotopic (exact) mass is 703 g/mol. The summed E-state index contributed by atoms with van der Waals surface area (Å²) >= 11 is 0. The Balaban J connectivity index is 1.22. The molecule has 0 atom stereocenters. The molecule has 0 radical (unpaired) electrons. The summed E-state index contributed by atoms with van der Waals surface area (Å²) in [6, 6.07) is 43.3. The number of esters is 2. The van der Waals surface area contributed by atoms with Gasteiger partial charge in [0.2, 0.25) is 0 Å². The molecule has 0 heterocycles. The van der Waals surface area contributed by atoms with Gasteiger partial charge in [-0.3, -0.25) is 4.79 Å². The molecule has 2 aliphatic carbocycles. The van der Waals surface area contributed by atoms with E-state index in [9.17, 15) is 9.59 Å². The lowest BCUT2D eigenvalue weighted by Crippen LogP contribution is -2.30. The van der Waals surface area contributed by atoms with Gasteiger partial charge in [0.15, 0.2) is 0 Å². The lowest BCUT2D eigenvalue weighted by atomic mass is 9.65. The Kier molecular flexibility index (Phi) is 10.6. The van der Waals surface area contributed by atoms with Gasteiger partial charge in [0.25, 0.3) is 0 Å². The van der Waals surface area contributed by atoms with E-state index in [4.69, 9.17) is 9.47 Å². The first kappa shape index (κ1) is 36.0. The molecule has 0 amide bonds. The van der Waals surface area contributed by atoms with Crippen LogP contribution in [-0.4, -0.2) is 11.9 Å². The van der Waals surface area contributed by atoms with Crippen molar-refractivity contribution in [2.45, 2.75) is 88.9 Å². The standard InChI is InChI=1S/C48H49NO4/c1-4-46(51)53-45-29-19-40(20-30-45)48(33-9-6-10-34-48)38-15-25-43(26-16-38)49(41-21-11-35(2)12-22-41)42-23-13-37(14-24-42)47(31-7-5-8-32-47)39-17-27-44(28-18-39)52-36(3)50/h4,11-30H,1,5-10,31-34H2,2-3H3. The van der Waals surface area contributed by atoms with E-state index in [2.05, 4.69) is 115 Å². The maximum absolute atomic E-state index is 11.8. The second-order valence-corrected chi connectivity index (χ2v) is 14.8. The zero-order valence-corrected chi connectivity index (χ0v) is 31.0. The molecule has 2 saturated carbocycles. The first-order valence-electron chi connectivity index (χ1n) is 19.1. The molecule has 0 aliphatic heterocycles. The Morgan fingerprint density at radius 3 is 1.23 bits per heavy atom. The van der Waals surface area contributed by atoms with E-state index >= 15 is 0 Å². The first-order valence-corrected chi connectivity index (χ1v) is 19.1. The van der Waals surface area contributed by atoms with Crippen molar-refractivity contribution in [3.63, 3.8) is 0 Å². The summed E-state index contributed by atoms with van der Waals surface area (Å²) in [6.45, 7) is 7.08. The molecule has 5 aromatic carbocycles. The first-order chi connectivity index (χ1) is 25.8. The fraction of sp³-hybridized carbons (Fsp3) is 0.292. The summed E-state index contributed by atoms with van der Waals surface area (Å²) in [5, 5.41) is 0. The van der Waals surface area contributed by atoms with Crippen molar-refractivity contribution in [1.29, 1.82) is 0 Å². The van der Waals surface area contributed by atoms with Gasteiger partial charge in [0.05, 0.1) is 0 Å². The molecule has 5 nitrogen and oxygen atoms in total. The van der Waals surface area contributed by atoms with Gasteiger partial charge in [0, 0.05) is 40.9 Å². The number of hydrogen-bond donors (Lipinski definition) is 0. The Bertz CT molecular complexity index is 2020. The van der Waals surface area contributed by atoms with Gasteiger partial charge in [-0.15, -0.1) is 0 Å². The van der Waals surface area contributed by atoms with Gasteiger partial charge in [-0.25, -0.2) is 4.79 Å². The predicted octanol–water partition coefficient (Wildman–Crippen LogP) is 12.0. The molecule has 0 bridgehead atoms. The van der Waals surface area contributed by atoms with Gasteiger partial charge in [0.1, 0.15) is 11.5 Å². The zero-order valence-electron chi connectivity index (χ0n) is 31.0. The van der Waals surface area contributed by atoms with Gasteiger partial charge in [-0.1, -0.05) is 111 Å². The van der Waals surface area contributed by atoms with E-state index < -0.39 is 5.97 Å². The number of carbonyl (C=O) groups excluding carboxylic acids is 2. The summed E-state index contributed by atoms with van der Waals surface area (Å²) in [5.74, 6) is 0.365. The highest BCUT2D eigenvalue weighted by Gasteiger charge is 2.37. The molecule has 270 valence electrons. The smallest absolute Gasteiger partial charge is 0.335 e. The van der Waals surface area contributed by atoms with Gasteiger partial charge >= 0.3 is 11.9 Å². The van der Waals surface area contributed by atoms with Crippen molar-refractivity contribution in [2.75, 3.05) is 4.90 Å². The molecule has 7 rings (SSSR count). The van der Waals surface area contributed by atoms with Crippen LogP contribution in [0.1, 0.15) is 98.9 Å². The molecule has 0 aromatic heterocycles. The van der Waals surface area contributed by atoms with E-state index in [1.165, 1.54) is 79.3 Å². The summed E-state index contributed by atoms with van der Waals surface area (Å²) < 4.78 is 10.7. The maximum atomic E-state index is 11.8. The number of carbonyl (C=O) groups is 2. The van der Waals surface area contributed by atoms with Crippen molar-refractivity contribution in [1.82, 2.24) is 0 Å². The van der Waals surface area contributed by atoms with Gasteiger partial charge < -0.3 is 14.4 Å². The minimum atomic E-state index is -0.450. The Labute approximate surface area is 314 Å². The zero-order chi connectivity index (χ0) is 36.8. The maximum Gasteiger partial charge on any atom is 0.335 e. The quantitative estimate of drug-likeness (QED) is 0.0823. The van der Waals surface area contributed by atoms with Crippen molar-refractivity contribution in [3.05, 3.63) is 162 Å². The van der Waals surface area contributed by atoms with Gasteiger partial charge in [-0.2, -0.15) is 0 Å². The van der Waals surface area contributed by atoms with Crippen LogP contribution in [0.3, 0.4) is 0 Å². The van der Waals surface area contributed by atoms with E-state index in [0.29, 0.717) is 11.5 Å². The van der Waals surface area contributed by atoms with Crippen LogP contribution in [-0.2, 0) is 20.4 Å². The van der Waals surface area contributed by atoms with Crippen LogP contribution in [0.5, 0.6) is 11.5 Å². The van der Waals surface area contributed by atoms with E-state index in [1.807, 2.05) is 24.3 Å². The molecule has 2 aliphatic rings. The SMILES string of the molecule is C=CC(=O)Oc1ccc(C2(c3ccc(N(c4ccc(C)cc4)c4ccc(C5(c6ccc(OC(C)=O)cc6)CCCCC5)cc4)cc3)CCCCC2)cc1. The Morgan fingerprint density at radius 2 is 0.868 bits per heavy atom. The van der Waals surface area contributed by atoms with Crippen molar-refractivity contribution in [2.24, 2.45) is 0 Å². The molecule has 0 saturated heterocycles. The minimum Gasteiger partial charge on any atom is -0.427 e. The van der Waals surface area contributed by atoms with Crippen LogP contribution in [0.4, 0.5) is 17.1 Å². The number of anilines is 3. The van der Waals surface area contributed by atoms with Crippen LogP contribution in [0.25, 0.3) is 0 Å². The predicted molar refractivity (Wildman–Crippen MR) is 214 cm³/mol. The van der Waals surface area contributed by atoms with Crippen LogP contribution in [0.15, 0.2) is 134 Å². The molecular weight excluding hydrogens is 655 g/mol. The molecule has 0 spiro atoms. The highest BCUT2D eigenvalue weighted by atomic mass is 16.5. The second kappa shape index (κ2) is 15.7. The highest BCUT2D eigenvalue weighted by Crippen LogP contribution is 2.48. The van der Waals surface area contributed by atoms with E-state index in [1.54, 1.807) is 0 Å². The molecule has 0 N–H and O–H groups in total. The molecule has 5 aromatic rings. The van der Waals surface area contributed by atoms with Crippen LogP contribution in [0, 0.1) is 6.92 Å².